The lowest BCUT2D eigenvalue weighted by Crippen LogP contribution is -2.51. The average Bonchev–Trinajstić information content (AvgIpc) is 2.62. The number of piperidine rings is 1. The normalized spacial score (nSPS) is 23.4. The highest BCUT2D eigenvalue weighted by Crippen LogP contribution is 2.24. The topological polar surface area (TPSA) is 86.5 Å². The van der Waals surface area contributed by atoms with Crippen LogP contribution < -0.4 is 4.90 Å². The molecule has 1 atom stereocenters. The van der Waals surface area contributed by atoms with Crippen molar-refractivity contribution in [3.63, 3.8) is 0 Å². The lowest BCUT2D eigenvalue weighted by molar-refractivity contribution is 0.0725. The minimum atomic E-state index is -3.31. The van der Waals surface area contributed by atoms with Crippen molar-refractivity contribution in [2.24, 2.45) is 0 Å². The largest absolute Gasteiger partial charge is 0.379 e. The number of sulfonamides is 1. The lowest BCUT2D eigenvalue weighted by Gasteiger charge is -2.36. The van der Waals surface area contributed by atoms with E-state index >= 15 is 0 Å². The van der Waals surface area contributed by atoms with Gasteiger partial charge in [-0.1, -0.05) is 0 Å². The van der Waals surface area contributed by atoms with E-state index in [0.29, 0.717) is 44.8 Å². The van der Waals surface area contributed by atoms with Crippen LogP contribution in [0.4, 0.5) is 5.82 Å². The van der Waals surface area contributed by atoms with Crippen LogP contribution >= 0.6 is 0 Å². The fourth-order valence-electron chi connectivity index (χ4n) is 3.04. The zero-order valence-electron chi connectivity index (χ0n) is 12.9. The van der Waals surface area contributed by atoms with Gasteiger partial charge in [-0.25, -0.2) is 13.4 Å². The molecule has 0 spiro atoms. The molecule has 0 unspecified atom stereocenters. The summed E-state index contributed by atoms with van der Waals surface area (Å²) < 4.78 is 32.4. The fraction of sp³-hybridized carbons (Fsp3) is 0.600. The Hall–Kier alpha value is -1.69. The summed E-state index contributed by atoms with van der Waals surface area (Å²) in [4.78, 5) is 6.27. The molecule has 3 heterocycles. The van der Waals surface area contributed by atoms with Gasteiger partial charge in [0.25, 0.3) is 0 Å². The fourth-order valence-corrected chi connectivity index (χ4v) is 4.95. The molecule has 0 bridgehead atoms. The number of morpholine rings is 1. The van der Waals surface area contributed by atoms with Gasteiger partial charge in [-0.2, -0.15) is 9.57 Å². The number of aromatic nitrogens is 1. The minimum Gasteiger partial charge on any atom is -0.379 e. The van der Waals surface area contributed by atoms with Gasteiger partial charge in [-0.3, -0.25) is 0 Å². The van der Waals surface area contributed by atoms with Gasteiger partial charge in [0.1, 0.15) is 11.9 Å². The van der Waals surface area contributed by atoms with Crippen molar-refractivity contribution in [2.45, 2.75) is 18.1 Å². The van der Waals surface area contributed by atoms with Crippen LogP contribution in [0.2, 0.25) is 0 Å². The summed E-state index contributed by atoms with van der Waals surface area (Å²) in [6.45, 7) is 3.04. The highest BCUT2D eigenvalue weighted by atomic mass is 32.2. The van der Waals surface area contributed by atoms with Gasteiger partial charge in [-0.15, -0.1) is 0 Å². The smallest absolute Gasteiger partial charge is 0.218 e. The highest BCUT2D eigenvalue weighted by Gasteiger charge is 2.36. The van der Waals surface area contributed by atoms with Crippen molar-refractivity contribution in [3.8, 4) is 6.07 Å². The first-order chi connectivity index (χ1) is 11.1. The van der Waals surface area contributed by atoms with Crippen LogP contribution in [-0.4, -0.2) is 62.3 Å². The van der Waals surface area contributed by atoms with Crippen molar-refractivity contribution in [1.82, 2.24) is 9.29 Å². The molecule has 0 aliphatic carbocycles. The van der Waals surface area contributed by atoms with Crippen LogP contribution in [0.3, 0.4) is 0 Å². The predicted molar refractivity (Wildman–Crippen MR) is 85.5 cm³/mol. The molecule has 2 aliphatic rings. The summed E-state index contributed by atoms with van der Waals surface area (Å²) in [6, 6.07) is 5.53. The quantitative estimate of drug-likeness (QED) is 0.803. The number of pyridine rings is 1. The van der Waals surface area contributed by atoms with Crippen LogP contribution in [0.1, 0.15) is 18.4 Å². The Bertz CT molecular complexity index is 678. The van der Waals surface area contributed by atoms with Crippen molar-refractivity contribution >= 4 is 15.8 Å². The van der Waals surface area contributed by atoms with Gasteiger partial charge in [0.05, 0.1) is 24.0 Å². The molecule has 1 aromatic rings. The Kier molecular flexibility index (Phi) is 4.80. The van der Waals surface area contributed by atoms with E-state index in [-0.39, 0.29) is 0 Å². The summed E-state index contributed by atoms with van der Waals surface area (Å²) in [5.74, 6) is 0.728. The van der Waals surface area contributed by atoms with Crippen LogP contribution in [0, 0.1) is 11.3 Å². The molecule has 8 heteroatoms. The van der Waals surface area contributed by atoms with Gasteiger partial charge in [-0.05, 0) is 25.0 Å². The Morgan fingerprint density at radius 3 is 2.70 bits per heavy atom. The number of hydrogen-bond acceptors (Lipinski definition) is 6. The Morgan fingerprint density at radius 2 is 2.04 bits per heavy atom. The lowest BCUT2D eigenvalue weighted by atomic mass is 10.1. The second-order valence-corrected chi connectivity index (χ2v) is 8.00. The van der Waals surface area contributed by atoms with Crippen LogP contribution in [-0.2, 0) is 14.8 Å². The third-order valence-electron chi connectivity index (χ3n) is 4.33. The predicted octanol–water partition coefficient (Wildman–Crippen LogP) is 0.584. The first-order valence-electron chi connectivity index (χ1n) is 7.79. The standard InChI is InChI=1S/C15H20N4O3S/c16-10-13-3-4-15(17-11-13)18-5-1-2-14(12-18)23(20,21)19-6-8-22-9-7-19/h3-4,11,14H,1-2,5-9,12H2/t14-/m1/s1. The molecule has 7 nitrogen and oxygen atoms in total. The van der Waals surface area contributed by atoms with E-state index < -0.39 is 15.3 Å². The van der Waals surface area contributed by atoms with E-state index in [1.807, 2.05) is 11.0 Å². The Balaban J connectivity index is 1.73. The molecule has 2 saturated heterocycles. The zero-order valence-corrected chi connectivity index (χ0v) is 13.7. The van der Waals surface area contributed by atoms with E-state index in [9.17, 15) is 8.42 Å². The van der Waals surface area contributed by atoms with E-state index in [1.54, 1.807) is 16.4 Å². The van der Waals surface area contributed by atoms with E-state index in [0.717, 1.165) is 18.8 Å². The van der Waals surface area contributed by atoms with Gasteiger partial charge in [0.15, 0.2) is 0 Å². The first kappa shape index (κ1) is 16.2. The SMILES string of the molecule is N#Cc1ccc(N2CCC[C@@H](S(=O)(=O)N3CCOCC3)C2)nc1. The van der Waals surface area contributed by atoms with E-state index in [4.69, 9.17) is 10.00 Å². The second-order valence-electron chi connectivity index (χ2n) is 5.78. The van der Waals surface area contributed by atoms with E-state index in [2.05, 4.69) is 4.98 Å². The Morgan fingerprint density at radius 1 is 1.26 bits per heavy atom. The number of rotatable bonds is 3. The third kappa shape index (κ3) is 3.47. The van der Waals surface area contributed by atoms with Crippen LogP contribution in [0.25, 0.3) is 0 Å². The third-order valence-corrected chi connectivity index (χ3v) is 6.64. The van der Waals surface area contributed by atoms with Crippen molar-refractivity contribution in [1.29, 1.82) is 5.26 Å². The number of ether oxygens (including phenoxy) is 1. The Labute approximate surface area is 136 Å². The highest BCUT2D eigenvalue weighted by molar-refractivity contribution is 7.89. The minimum absolute atomic E-state index is 0.410. The summed E-state index contributed by atoms with van der Waals surface area (Å²) in [5, 5.41) is 8.42. The van der Waals surface area contributed by atoms with Gasteiger partial charge in [0, 0.05) is 32.4 Å². The average molecular weight is 336 g/mol. The van der Waals surface area contributed by atoms with Crippen LogP contribution in [0.15, 0.2) is 18.3 Å². The molecule has 23 heavy (non-hydrogen) atoms. The molecule has 0 amide bonds. The first-order valence-corrected chi connectivity index (χ1v) is 9.29. The maximum absolute atomic E-state index is 12.8. The molecular formula is C15H20N4O3S. The van der Waals surface area contributed by atoms with Gasteiger partial charge in [0.2, 0.25) is 10.0 Å². The molecule has 0 saturated carbocycles. The monoisotopic (exact) mass is 336 g/mol. The molecule has 0 N–H and O–H groups in total. The van der Waals surface area contributed by atoms with Gasteiger partial charge < -0.3 is 9.64 Å². The van der Waals surface area contributed by atoms with E-state index in [1.165, 1.54) is 6.20 Å². The molecule has 2 fully saturated rings. The molecule has 1 aromatic heterocycles. The summed E-state index contributed by atoms with van der Waals surface area (Å²) in [7, 11) is -3.31. The van der Waals surface area contributed by atoms with Crippen molar-refractivity contribution in [2.75, 3.05) is 44.3 Å². The number of nitriles is 1. The summed E-state index contributed by atoms with van der Waals surface area (Å²) >= 11 is 0. The molecule has 0 radical (unpaired) electrons. The van der Waals surface area contributed by atoms with Crippen LogP contribution in [0.5, 0.6) is 0 Å². The van der Waals surface area contributed by atoms with Crippen molar-refractivity contribution < 1.29 is 13.2 Å². The molecule has 0 aromatic carbocycles. The number of hydrogen-bond donors (Lipinski definition) is 0. The molecule has 124 valence electrons. The molecule has 2 aliphatic heterocycles. The zero-order chi connectivity index (χ0) is 16.3. The number of anilines is 1. The van der Waals surface area contributed by atoms with Gasteiger partial charge >= 0.3 is 0 Å². The van der Waals surface area contributed by atoms with Crippen molar-refractivity contribution in [3.05, 3.63) is 23.9 Å². The summed E-state index contributed by atoms with van der Waals surface area (Å²) in [5.41, 5.74) is 0.503. The molecular weight excluding hydrogens is 316 g/mol. The maximum atomic E-state index is 12.8. The maximum Gasteiger partial charge on any atom is 0.218 e. The number of nitrogens with zero attached hydrogens (tertiary/aromatic N) is 4. The summed E-state index contributed by atoms with van der Waals surface area (Å²) in [6.07, 6.45) is 3.01. The molecule has 3 rings (SSSR count). The second kappa shape index (κ2) is 6.83.